The molecule has 0 aliphatic heterocycles. The van der Waals surface area contributed by atoms with Gasteiger partial charge in [0.1, 0.15) is 0 Å². The van der Waals surface area contributed by atoms with Gasteiger partial charge >= 0.3 is 0 Å². The molecular weight excluding hydrogens is 264 g/mol. The number of carbonyl (C=O) groups excluding carboxylic acids is 2. The quantitative estimate of drug-likeness (QED) is 0.302. The summed E-state index contributed by atoms with van der Waals surface area (Å²) in [6, 6.07) is -0.382. The fourth-order valence-corrected chi connectivity index (χ4v) is 1.23. The summed E-state index contributed by atoms with van der Waals surface area (Å²) in [5.74, 6) is 0. The van der Waals surface area contributed by atoms with Gasteiger partial charge in [0, 0.05) is 0 Å². The average molecular weight is 286 g/mol. The van der Waals surface area contributed by atoms with Crippen molar-refractivity contribution in [1.29, 1.82) is 0 Å². The van der Waals surface area contributed by atoms with Crippen molar-refractivity contribution in [2.75, 3.05) is 33.0 Å². The van der Waals surface area contributed by atoms with Crippen molar-refractivity contribution in [1.82, 2.24) is 0 Å². The average Bonchev–Trinajstić information content (AvgIpc) is 2.41. The van der Waals surface area contributed by atoms with Gasteiger partial charge in [0.25, 0.3) is 0 Å². The number of ether oxygens (including phenoxy) is 3. The first-order chi connectivity index (χ1) is 9.60. The lowest BCUT2D eigenvalue weighted by molar-refractivity contribution is -0.0262. The molecule has 0 radical (unpaired) electrons. The zero-order valence-electron chi connectivity index (χ0n) is 12.2. The molecule has 20 heavy (non-hydrogen) atoms. The second-order valence-electron chi connectivity index (χ2n) is 4.43. The minimum absolute atomic E-state index is 0.0853. The molecule has 0 saturated carbocycles. The van der Waals surface area contributed by atoms with Crippen LogP contribution in [-0.4, -0.2) is 63.4 Å². The molecule has 0 fully saturated rings. The number of isocyanates is 2. The number of rotatable bonds is 12. The minimum atomic E-state index is -0.196. The van der Waals surface area contributed by atoms with E-state index in [4.69, 9.17) is 14.2 Å². The molecular formula is C13H22N2O5. The lowest BCUT2D eigenvalue weighted by Crippen LogP contribution is -2.22. The van der Waals surface area contributed by atoms with Gasteiger partial charge in [-0.1, -0.05) is 0 Å². The first-order valence-electron chi connectivity index (χ1n) is 6.51. The second-order valence-corrected chi connectivity index (χ2v) is 4.43. The summed E-state index contributed by atoms with van der Waals surface area (Å²) < 4.78 is 16.1. The zero-order chi connectivity index (χ0) is 15.2. The topological polar surface area (TPSA) is 86.5 Å². The third-order valence-corrected chi connectivity index (χ3v) is 2.25. The van der Waals surface area contributed by atoms with Gasteiger partial charge in [0.15, 0.2) is 0 Å². The van der Waals surface area contributed by atoms with E-state index in [1.54, 1.807) is 13.8 Å². The maximum atomic E-state index is 10.0. The first kappa shape index (κ1) is 18.6. The monoisotopic (exact) mass is 286 g/mol. The standard InChI is InChI=1S/C13H22N2O5/c1-11(14-9-16)6-18-4-5-19-8-13(3)20-7-12(2)15-10-17/h11-13H,4-8H2,1-3H3. The largest absolute Gasteiger partial charge is 0.377 e. The maximum absolute atomic E-state index is 10.0. The Hall–Kier alpha value is -1.36. The minimum Gasteiger partial charge on any atom is -0.377 e. The van der Waals surface area contributed by atoms with Crippen molar-refractivity contribution in [3.63, 3.8) is 0 Å². The Morgan fingerprint density at radius 2 is 1.35 bits per heavy atom. The molecule has 7 nitrogen and oxygen atoms in total. The van der Waals surface area contributed by atoms with Crippen LogP contribution >= 0.6 is 0 Å². The van der Waals surface area contributed by atoms with E-state index in [0.717, 1.165) is 0 Å². The van der Waals surface area contributed by atoms with Crippen LogP contribution in [0.15, 0.2) is 9.98 Å². The molecule has 0 N–H and O–H groups in total. The molecule has 7 heteroatoms. The Labute approximate surface area is 119 Å². The third kappa shape index (κ3) is 11.7. The zero-order valence-corrected chi connectivity index (χ0v) is 12.2. The number of hydrogen-bond acceptors (Lipinski definition) is 7. The predicted molar refractivity (Wildman–Crippen MR) is 72.2 cm³/mol. The molecule has 0 amide bonds. The fraction of sp³-hybridized carbons (Fsp3) is 0.846. The van der Waals surface area contributed by atoms with Crippen molar-refractivity contribution >= 4 is 12.2 Å². The van der Waals surface area contributed by atoms with E-state index in [2.05, 4.69) is 9.98 Å². The summed E-state index contributed by atoms with van der Waals surface area (Å²) in [5, 5.41) is 0. The lowest BCUT2D eigenvalue weighted by Gasteiger charge is -2.14. The van der Waals surface area contributed by atoms with Gasteiger partial charge in [-0.3, -0.25) is 0 Å². The third-order valence-electron chi connectivity index (χ3n) is 2.25. The SMILES string of the molecule is CC(COCCOCC(C)OCC(C)N=C=O)N=C=O. The van der Waals surface area contributed by atoms with Crippen LogP contribution in [-0.2, 0) is 23.8 Å². The second kappa shape index (κ2) is 12.7. The summed E-state index contributed by atoms with van der Waals surface area (Å²) in [4.78, 5) is 27.0. The van der Waals surface area contributed by atoms with Crippen LogP contribution in [0, 0.1) is 0 Å². The van der Waals surface area contributed by atoms with Gasteiger partial charge in [-0.05, 0) is 20.8 Å². The van der Waals surface area contributed by atoms with E-state index in [-0.39, 0.29) is 18.2 Å². The van der Waals surface area contributed by atoms with Crippen LogP contribution in [0.1, 0.15) is 20.8 Å². The molecule has 0 aromatic carbocycles. The van der Waals surface area contributed by atoms with E-state index in [0.29, 0.717) is 33.0 Å². The van der Waals surface area contributed by atoms with Gasteiger partial charge in [-0.2, -0.15) is 0 Å². The number of nitrogens with zero attached hydrogens (tertiary/aromatic N) is 2. The maximum Gasteiger partial charge on any atom is 0.235 e. The number of aliphatic imine (C=N–C) groups is 2. The van der Waals surface area contributed by atoms with Crippen molar-refractivity contribution in [2.24, 2.45) is 9.98 Å². The van der Waals surface area contributed by atoms with Crippen LogP contribution in [0.5, 0.6) is 0 Å². The van der Waals surface area contributed by atoms with E-state index in [1.165, 1.54) is 12.2 Å². The van der Waals surface area contributed by atoms with Gasteiger partial charge in [-0.25, -0.2) is 19.6 Å². The Bertz CT molecular complexity index is 338. The van der Waals surface area contributed by atoms with Crippen molar-refractivity contribution in [3.8, 4) is 0 Å². The Balaban J connectivity index is 3.45. The number of hydrogen-bond donors (Lipinski definition) is 0. The molecule has 0 aliphatic carbocycles. The summed E-state index contributed by atoms with van der Waals surface area (Å²) in [6.07, 6.45) is 2.89. The summed E-state index contributed by atoms with van der Waals surface area (Å²) in [5.41, 5.74) is 0. The molecule has 0 saturated heterocycles. The Kier molecular flexibility index (Phi) is 11.8. The normalized spacial score (nSPS) is 14.8. The highest BCUT2D eigenvalue weighted by Crippen LogP contribution is 1.97. The Morgan fingerprint density at radius 1 is 0.850 bits per heavy atom. The lowest BCUT2D eigenvalue weighted by atomic mass is 10.4. The molecule has 114 valence electrons. The van der Waals surface area contributed by atoms with E-state index < -0.39 is 0 Å². The van der Waals surface area contributed by atoms with Crippen LogP contribution in [0.4, 0.5) is 0 Å². The summed E-state index contributed by atoms with van der Waals surface area (Å²) >= 11 is 0. The predicted octanol–water partition coefficient (Wildman–Crippen LogP) is 0.873. The summed E-state index contributed by atoms with van der Waals surface area (Å²) in [7, 11) is 0. The van der Waals surface area contributed by atoms with E-state index >= 15 is 0 Å². The Morgan fingerprint density at radius 3 is 1.90 bits per heavy atom. The molecule has 0 spiro atoms. The molecule has 3 unspecified atom stereocenters. The van der Waals surface area contributed by atoms with Crippen molar-refractivity contribution in [2.45, 2.75) is 39.0 Å². The molecule has 0 rings (SSSR count). The smallest absolute Gasteiger partial charge is 0.235 e. The highest BCUT2D eigenvalue weighted by molar-refractivity contribution is 5.33. The summed E-state index contributed by atoms with van der Waals surface area (Å²) in [6.45, 7) is 7.44. The fourth-order valence-electron chi connectivity index (χ4n) is 1.23. The van der Waals surface area contributed by atoms with Gasteiger partial charge < -0.3 is 14.2 Å². The van der Waals surface area contributed by atoms with Crippen molar-refractivity contribution in [3.05, 3.63) is 0 Å². The van der Waals surface area contributed by atoms with Crippen molar-refractivity contribution < 1.29 is 23.8 Å². The van der Waals surface area contributed by atoms with Gasteiger partial charge in [0.05, 0.1) is 51.2 Å². The van der Waals surface area contributed by atoms with Crippen LogP contribution in [0.25, 0.3) is 0 Å². The molecule has 0 bridgehead atoms. The van der Waals surface area contributed by atoms with Crippen LogP contribution in [0.3, 0.4) is 0 Å². The van der Waals surface area contributed by atoms with Crippen LogP contribution in [0.2, 0.25) is 0 Å². The first-order valence-corrected chi connectivity index (χ1v) is 6.51. The highest BCUT2D eigenvalue weighted by Gasteiger charge is 2.06. The van der Waals surface area contributed by atoms with Gasteiger partial charge in [-0.15, -0.1) is 0 Å². The van der Waals surface area contributed by atoms with Gasteiger partial charge in [0.2, 0.25) is 12.2 Å². The van der Waals surface area contributed by atoms with E-state index in [9.17, 15) is 9.59 Å². The highest BCUT2D eigenvalue weighted by atomic mass is 16.5. The molecule has 0 aromatic heterocycles. The molecule has 0 aromatic rings. The van der Waals surface area contributed by atoms with Crippen LogP contribution < -0.4 is 0 Å². The van der Waals surface area contributed by atoms with E-state index in [1.807, 2.05) is 6.92 Å². The molecule has 0 heterocycles. The molecule has 0 aliphatic rings. The molecule has 3 atom stereocenters.